The zero-order valence-corrected chi connectivity index (χ0v) is 13.0. The van der Waals surface area contributed by atoms with E-state index in [-0.39, 0.29) is 24.8 Å². The molecule has 4 N–H and O–H groups in total. The molecule has 0 spiro atoms. The first kappa shape index (κ1) is 16.8. The van der Waals surface area contributed by atoms with E-state index in [1.54, 1.807) is 0 Å². The molecule has 1 aliphatic rings. The molecule has 0 radical (unpaired) electrons. The number of hydrogen-bond donors (Lipinski definition) is 3. The molecule has 2 rings (SSSR count). The van der Waals surface area contributed by atoms with Gasteiger partial charge in [0.25, 0.3) is 0 Å². The molecule has 0 bridgehead atoms. The van der Waals surface area contributed by atoms with Gasteiger partial charge >= 0.3 is 6.09 Å². The quantitative estimate of drug-likeness (QED) is 0.753. The molecule has 0 aliphatic heterocycles. The minimum atomic E-state index is -0.391. The van der Waals surface area contributed by atoms with E-state index < -0.39 is 6.09 Å². The molecule has 1 saturated carbocycles. The molecule has 1 aromatic rings. The summed E-state index contributed by atoms with van der Waals surface area (Å²) in [5.74, 6) is 0. The minimum Gasteiger partial charge on any atom is -0.445 e. The lowest BCUT2D eigenvalue weighted by atomic mass is 9.77. The van der Waals surface area contributed by atoms with Crippen LogP contribution < -0.4 is 11.1 Å². The molecule has 1 aromatic carbocycles. The Morgan fingerprint density at radius 2 is 2.00 bits per heavy atom. The number of nitrogens with one attached hydrogen (secondary N) is 1. The van der Waals surface area contributed by atoms with Crippen LogP contribution in [0.3, 0.4) is 0 Å². The van der Waals surface area contributed by atoms with Crippen LogP contribution in [0.25, 0.3) is 0 Å². The second-order valence-corrected chi connectivity index (χ2v) is 6.13. The number of carbonyl (C=O) groups excluding carboxylic acids is 1. The summed E-state index contributed by atoms with van der Waals surface area (Å²) >= 11 is 0. The van der Waals surface area contributed by atoms with Crippen LogP contribution in [0.4, 0.5) is 4.79 Å². The molecule has 22 heavy (non-hydrogen) atoms. The van der Waals surface area contributed by atoms with E-state index in [2.05, 4.69) is 5.32 Å². The van der Waals surface area contributed by atoms with Crippen molar-refractivity contribution in [1.29, 1.82) is 0 Å². The van der Waals surface area contributed by atoms with E-state index in [0.717, 1.165) is 37.7 Å². The molecule has 1 aliphatic carbocycles. The maximum absolute atomic E-state index is 12.1. The number of nitrogens with two attached hydrogens (primary N) is 1. The van der Waals surface area contributed by atoms with Gasteiger partial charge in [0.1, 0.15) is 6.61 Å². The van der Waals surface area contributed by atoms with Crippen molar-refractivity contribution in [3.63, 3.8) is 0 Å². The molecule has 1 amide bonds. The van der Waals surface area contributed by atoms with Crippen LogP contribution in [-0.4, -0.2) is 29.4 Å². The minimum absolute atomic E-state index is 0.133. The summed E-state index contributed by atoms with van der Waals surface area (Å²) in [5.41, 5.74) is 6.64. The zero-order valence-electron chi connectivity index (χ0n) is 13.0. The average Bonchev–Trinajstić information content (AvgIpc) is 2.55. The van der Waals surface area contributed by atoms with Crippen molar-refractivity contribution in [2.75, 3.05) is 6.61 Å². The summed E-state index contributed by atoms with van der Waals surface area (Å²) in [5, 5.41) is 12.1. The maximum Gasteiger partial charge on any atom is 0.407 e. The van der Waals surface area contributed by atoms with Gasteiger partial charge in [-0.15, -0.1) is 0 Å². The number of aliphatic hydroxyl groups is 1. The Balaban J connectivity index is 1.87. The third-order valence-corrected chi connectivity index (χ3v) is 4.38. The van der Waals surface area contributed by atoms with Crippen LogP contribution in [0.2, 0.25) is 0 Å². The van der Waals surface area contributed by atoms with Crippen molar-refractivity contribution in [1.82, 2.24) is 5.32 Å². The summed E-state index contributed by atoms with van der Waals surface area (Å²) in [7, 11) is 0. The number of ether oxygens (including phenoxy) is 1. The van der Waals surface area contributed by atoms with E-state index in [9.17, 15) is 4.79 Å². The van der Waals surface area contributed by atoms with E-state index in [1.807, 2.05) is 30.3 Å². The first-order valence-electron chi connectivity index (χ1n) is 7.99. The molecule has 0 unspecified atom stereocenters. The normalized spacial score (nSPS) is 24.7. The lowest BCUT2D eigenvalue weighted by Crippen LogP contribution is -2.52. The van der Waals surface area contributed by atoms with Crippen molar-refractivity contribution < 1.29 is 14.6 Å². The molecule has 0 atom stereocenters. The number of carbonyl (C=O) groups is 1. The molecular formula is C17H26N2O3. The van der Waals surface area contributed by atoms with Crippen LogP contribution in [0.15, 0.2) is 30.3 Å². The monoisotopic (exact) mass is 306 g/mol. The van der Waals surface area contributed by atoms with Gasteiger partial charge in [-0.1, -0.05) is 30.3 Å². The Labute approximate surface area is 131 Å². The van der Waals surface area contributed by atoms with Crippen LogP contribution in [-0.2, 0) is 11.3 Å². The molecular weight excluding hydrogens is 280 g/mol. The fourth-order valence-electron chi connectivity index (χ4n) is 3.02. The number of aliphatic hydroxyl groups excluding tert-OH is 1. The predicted octanol–water partition coefficient (Wildman–Crippen LogP) is 2.33. The molecule has 1 fully saturated rings. The molecule has 122 valence electrons. The second kappa shape index (κ2) is 8.15. The number of rotatable bonds is 6. The van der Waals surface area contributed by atoms with Crippen LogP contribution in [0.1, 0.15) is 44.1 Å². The number of amides is 1. The van der Waals surface area contributed by atoms with E-state index in [1.165, 1.54) is 0 Å². The standard InChI is InChI=1S/C17H26N2O3/c18-15-7-10-17(11-8-15,9-4-12-20)19-16(21)22-13-14-5-2-1-3-6-14/h1-3,5-6,15,20H,4,7-13,18H2,(H,19,21). The second-order valence-electron chi connectivity index (χ2n) is 6.13. The fraction of sp³-hybridized carbons (Fsp3) is 0.588. The van der Waals surface area contributed by atoms with Gasteiger partial charge in [0.15, 0.2) is 0 Å². The highest BCUT2D eigenvalue weighted by Crippen LogP contribution is 2.31. The van der Waals surface area contributed by atoms with Gasteiger partial charge in [-0.05, 0) is 44.1 Å². The van der Waals surface area contributed by atoms with Crippen molar-refractivity contribution >= 4 is 6.09 Å². The Bertz CT molecular complexity index is 451. The number of alkyl carbamates (subject to hydrolysis) is 1. The molecule has 0 aromatic heterocycles. The third kappa shape index (κ3) is 5.00. The van der Waals surface area contributed by atoms with Crippen LogP contribution in [0, 0.1) is 0 Å². The summed E-state index contributed by atoms with van der Waals surface area (Å²) < 4.78 is 5.32. The highest BCUT2D eigenvalue weighted by atomic mass is 16.5. The third-order valence-electron chi connectivity index (χ3n) is 4.38. The van der Waals surface area contributed by atoms with Gasteiger partial charge in [0, 0.05) is 18.2 Å². The first-order chi connectivity index (χ1) is 10.6. The van der Waals surface area contributed by atoms with Crippen molar-refractivity contribution in [2.24, 2.45) is 5.73 Å². The molecule has 5 nitrogen and oxygen atoms in total. The molecule has 0 heterocycles. The van der Waals surface area contributed by atoms with Gasteiger partial charge in [0.05, 0.1) is 0 Å². The summed E-state index contributed by atoms with van der Waals surface area (Å²) in [6.45, 7) is 0.400. The number of benzene rings is 1. The van der Waals surface area contributed by atoms with Crippen molar-refractivity contribution in [3.05, 3.63) is 35.9 Å². The summed E-state index contributed by atoms with van der Waals surface area (Å²) in [6, 6.07) is 9.83. The molecule has 5 heteroatoms. The first-order valence-corrected chi connectivity index (χ1v) is 7.99. The highest BCUT2D eigenvalue weighted by Gasteiger charge is 2.35. The predicted molar refractivity (Wildman–Crippen MR) is 85.3 cm³/mol. The van der Waals surface area contributed by atoms with Crippen molar-refractivity contribution in [2.45, 2.75) is 56.7 Å². The van der Waals surface area contributed by atoms with E-state index >= 15 is 0 Å². The van der Waals surface area contributed by atoms with Gasteiger partial charge < -0.3 is 20.9 Å². The van der Waals surface area contributed by atoms with Gasteiger partial charge in [-0.2, -0.15) is 0 Å². The summed E-state index contributed by atoms with van der Waals surface area (Å²) in [4.78, 5) is 12.1. The average molecular weight is 306 g/mol. The fourth-order valence-corrected chi connectivity index (χ4v) is 3.02. The maximum atomic E-state index is 12.1. The van der Waals surface area contributed by atoms with Gasteiger partial charge in [-0.25, -0.2) is 4.79 Å². The van der Waals surface area contributed by atoms with E-state index in [0.29, 0.717) is 6.42 Å². The Kier molecular flexibility index (Phi) is 6.21. The van der Waals surface area contributed by atoms with Gasteiger partial charge in [0.2, 0.25) is 0 Å². The largest absolute Gasteiger partial charge is 0.445 e. The van der Waals surface area contributed by atoms with Crippen LogP contribution >= 0.6 is 0 Å². The molecule has 0 saturated heterocycles. The van der Waals surface area contributed by atoms with Crippen molar-refractivity contribution in [3.8, 4) is 0 Å². The Morgan fingerprint density at radius 1 is 1.32 bits per heavy atom. The topological polar surface area (TPSA) is 84.6 Å². The van der Waals surface area contributed by atoms with Crippen LogP contribution in [0.5, 0.6) is 0 Å². The smallest absolute Gasteiger partial charge is 0.407 e. The van der Waals surface area contributed by atoms with Gasteiger partial charge in [-0.3, -0.25) is 0 Å². The lowest BCUT2D eigenvalue weighted by molar-refractivity contribution is 0.109. The Hall–Kier alpha value is -1.59. The zero-order chi connectivity index (χ0) is 15.8. The summed E-state index contributed by atoms with van der Waals surface area (Å²) in [6.07, 6.45) is 4.51. The van der Waals surface area contributed by atoms with E-state index in [4.69, 9.17) is 15.6 Å². The highest BCUT2D eigenvalue weighted by molar-refractivity contribution is 5.68. The number of hydrogen-bond acceptors (Lipinski definition) is 4. The Morgan fingerprint density at radius 3 is 2.64 bits per heavy atom. The lowest BCUT2D eigenvalue weighted by Gasteiger charge is -2.39. The SMILES string of the molecule is NC1CCC(CCCO)(NC(=O)OCc2ccccc2)CC1.